The van der Waals surface area contributed by atoms with Crippen molar-refractivity contribution < 1.29 is 19.4 Å². The summed E-state index contributed by atoms with van der Waals surface area (Å²) >= 11 is 0. The van der Waals surface area contributed by atoms with E-state index in [4.69, 9.17) is 9.84 Å². The van der Waals surface area contributed by atoms with Crippen LogP contribution in [0, 0.1) is 0 Å². The molecular weight excluding hydrogens is 298 g/mol. The number of carbonyl (C=O) groups is 2. The number of carboxylic acids is 1. The smallest absolute Gasteiger partial charge is 0.326 e. The first-order valence-corrected chi connectivity index (χ1v) is 7.29. The Bertz CT molecular complexity index is 679. The molecule has 2 aromatic rings. The molecule has 1 aromatic carbocycles. The maximum atomic E-state index is 12.1. The van der Waals surface area contributed by atoms with Crippen LogP contribution in [-0.4, -0.2) is 39.9 Å². The summed E-state index contributed by atoms with van der Waals surface area (Å²) < 4.78 is 6.63. The van der Waals surface area contributed by atoms with E-state index in [1.807, 2.05) is 19.1 Å². The highest BCUT2D eigenvalue weighted by Gasteiger charge is 2.20. The highest BCUT2D eigenvalue weighted by Crippen LogP contribution is 2.14. The van der Waals surface area contributed by atoms with Crippen molar-refractivity contribution in [1.82, 2.24) is 15.1 Å². The quantitative estimate of drug-likeness (QED) is 0.813. The summed E-state index contributed by atoms with van der Waals surface area (Å²) in [5.74, 6) is -0.823. The third-order valence-electron chi connectivity index (χ3n) is 3.34. The molecule has 7 nitrogen and oxygen atoms in total. The third kappa shape index (κ3) is 4.09. The number of aliphatic carboxylic acids is 1. The van der Waals surface area contributed by atoms with Gasteiger partial charge in [0.05, 0.1) is 12.8 Å². The van der Waals surface area contributed by atoms with E-state index in [9.17, 15) is 9.59 Å². The molecule has 23 heavy (non-hydrogen) atoms. The van der Waals surface area contributed by atoms with E-state index >= 15 is 0 Å². The largest absolute Gasteiger partial charge is 0.497 e. The lowest BCUT2D eigenvalue weighted by Gasteiger charge is -2.12. The number of hydrogen-bond donors (Lipinski definition) is 2. The average Bonchev–Trinajstić information content (AvgIpc) is 3.04. The molecule has 0 aliphatic heterocycles. The number of carboxylic acid groups (broad SMARTS) is 1. The molecule has 2 rings (SSSR count). The zero-order valence-corrected chi connectivity index (χ0v) is 13.0. The van der Waals surface area contributed by atoms with Gasteiger partial charge in [-0.2, -0.15) is 5.10 Å². The fraction of sp³-hybridized carbons (Fsp3) is 0.312. The topological polar surface area (TPSA) is 93.5 Å². The van der Waals surface area contributed by atoms with Crippen LogP contribution in [0.2, 0.25) is 0 Å². The second kappa shape index (κ2) is 7.44. The number of nitrogens with one attached hydrogen (secondary N) is 1. The molecule has 0 radical (unpaired) electrons. The summed E-state index contributed by atoms with van der Waals surface area (Å²) in [4.78, 5) is 23.2. The molecule has 2 N–H and O–H groups in total. The van der Waals surface area contributed by atoms with Gasteiger partial charge >= 0.3 is 5.97 Å². The molecule has 7 heteroatoms. The van der Waals surface area contributed by atoms with E-state index < -0.39 is 17.9 Å². The number of rotatable bonds is 7. The van der Waals surface area contributed by atoms with Crippen LogP contribution in [0.5, 0.6) is 5.75 Å². The minimum Gasteiger partial charge on any atom is -0.497 e. The van der Waals surface area contributed by atoms with Gasteiger partial charge in [-0.15, -0.1) is 0 Å². The second-order valence-electron chi connectivity index (χ2n) is 5.00. The van der Waals surface area contributed by atoms with Crippen molar-refractivity contribution in [3.05, 3.63) is 42.2 Å². The predicted molar refractivity (Wildman–Crippen MR) is 83.9 cm³/mol. The molecule has 1 unspecified atom stereocenters. The molecule has 0 spiro atoms. The molecule has 1 aromatic heterocycles. The van der Waals surface area contributed by atoms with Gasteiger partial charge in [-0.3, -0.25) is 4.79 Å². The predicted octanol–water partition coefficient (Wildman–Crippen LogP) is 1.86. The van der Waals surface area contributed by atoms with Crippen molar-refractivity contribution in [2.45, 2.75) is 25.8 Å². The third-order valence-corrected chi connectivity index (χ3v) is 3.34. The van der Waals surface area contributed by atoms with Crippen molar-refractivity contribution in [1.29, 1.82) is 0 Å². The van der Waals surface area contributed by atoms with Crippen LogP contribution in [-0.2, 0) is 4.79 Å². The maximum absolute atomic E-state index is 12.1. The number of ether oxygens (including phenoxy) is 1. The number of methoxy groups -OCH3 is 1. The van der Waals surface area contributed by atoms with E-state index in [0.717, 1.165) is 11.4 Å². The van der Waals surface area contributed by atoms with Gasteiger partial charge in [-0.1, -0.05) is 13.3 Å². The van der Waals surface area contributed by atoms with E-state index in [1.54, 1.807) is 36.2 Å². The first-order valence-electron chi connectivity index (χ1n) is 7.29. The van der Waals surface area contributed by atoms with Crippen LogP contribution >= 0.6 is 0 Å². The molecule has 0 aliphatic carbocycles. The van der Waals surface area contributed by atoms with Gasteiger partial charge in [-0.05, 0) is 36.8 Å². The Balaban J connectivity index is 2.11. The maximum Gasteiger partial charge on any atom is 0.326 e. The Morgan fingerprint density at radius 2 is 2.00 bits per heavy atom. The highest BCUT2D eigenvalue weighted by molar-refractivity contribution is 5.94. The molecular formula is C16H19N3O4. The van der Waals surface area contributed by atoms with E-state index in [0.29, 0.717) is 12.8 Å². The van der Waals surface area contributed by atoms with Gasteiger partial charge in [0, 0.05) is 6.20 Å². The zero-order chi connectivity index (χ0) is 16.8. The summed E-state index contributed by atoms with van der Waals surface area (Å²) in [6.45, 7) is 1.86. The van der Waals surface area contributed by atoms with Crippen molar-refractivity contribution in [3.8, 4) is 11.4 Å². The van der Waals surface area contributed by atoms with Crippen LogP contribution in [0.15, 0.2) is 36.5 Å². The lowest BCUT2D eigenvalue weighted by Crippen LogP contribution is -2.40. The van der Waals surface area contributed by atoms with Crippen molar-refractivity contribution in [2.75, 3.05) is 7.11 Å². The van der Waals surface area contributed by atoms with Gasteiger partial charge in [0.15, 0.2) is 5.69 Å². The Kier molecular flexibility index (Phi) is 5.35. The highest BCUT2D eigenvalue weighted by atomic mass is 16.5. The molecule has 122 valence electrons. The Labute approximate surface area is 133 Å². The molecule has 1 heterocycles. The van der Waals surface area contributed by atoms with Crippen LogP contribution < -0.4 is 10.1 Å². The molecule has 1 atom stereocenters. The molecule has 0 saturated heterocycles. The number of aromatic nitrogens is 2. The number of nitrogens with zero attached hydrogens (tertiary/aromatic N) is 2. The standard InChI is InChI=1S/C16H19N3O4/c1-3-4-14(16(21)22)17-15(20)13-9-10-19(18-13)11-5-7-12(23-2)8-6-11/h5-10,14H,3-4H2,1-2H3,(H,17,20)(H,21,22). The first-order chi connectivity index (χ1) is 11.0. The SMILES string of the molecule is CCCC(NC(=O)c1ccn(-c2ccc(OC)cc2)n1)C(=O)O. The van der Waals surface area contributed by atoms with E-state index in [2.05, 4.69) is 10.4 Å². The van der Waals surface area contributed by atoms with Crippen molar-refractivity contribution in [2.24, 2.45) is 0 Å². The van der Waals surface area contributed by atoms with Crippen molar-refractivity contribution >= 4 is 11.9 Å². The Morgan fingerprint density at radius 3 is 2.57 bits per heavy atom. The van der Waals surface area contributed by atoms with Gasteiger partial charge < -0.3 is 15.2 Å². The molecule has 0 aliphatic rings. The van der Waals surface area contributed by atoms with Crippen LogP contribution in [0.4, 0.5) is 0 Å². The van der Waals surface area contributed by atoms with Gasteiger partial charge in [0.2, 0.25) is 0 Å². The summed E-state index contributed by atoms with van der Waals surface area (Å²) in [5, 5.41) is 15.7. The van der Waals surface area contributed by atoms with Gasteiger partial charge in [0.1, 0.15) is 11.8 Å². The first kappa shape index (κ1) is 16.5. The number of hydrogen-bond acceptors (Lipinski definition) is 4. The van der Waals surface area contributed by atoms with E-state index in [-0.39, 0.29) is 5.69 Å². The number of carbonyl (C=O) groups excluding carboxylic acids is 1. The van der Waals surface area contributed by atoms with E-state index in [1.165, 1.54) is 0 Å². The van der Waals surface area contributed by atoms with Crippen LogP contribution in [0.25, 0.3) is 5.69 Å². The minimum absolute atomic E-state index is 0.170. The zero-order valence-electron chi connectivity index (χ0n) is 13.0. The lowest BCUT2D eigenvalue weighted by atomic mass is 10.1. The summed E-state index contributed by atoms with van der Waals surface area (Å²) in [6.07, 6.45) is 2.68. The monoisotopic (exact) mass is 317 g/mol. The summed E-state index contributed by atoms with van der Waals surface area (Å²) in [5.41, 5.74) is 0.941. The summed E-state index contributed by atoms with van der Waals surface area (Å²) in [7, 11) is 1.58. The number of amides is 1. The fourth-order valence-electron chi connectivity index (χ4n) is 2.10. The second-order valence-corrected chi connectivity index (χ2v) is 5.00. The van der Waals surface area contributed by atoms with Crippen LogP contribution in [0.1, 0.15) is 30.3 Å². The van der Waals surface area contributed by atoms with Gasteiger partial charge in [0.25, 0.3) is 5.91 Å². The minimum atomic E-state index is -1.05. The molecule has 0 bridgehead atoms. The Morgan fingerprint density at radius 1 is 1.30 bits per heavy atom. The molecule has 0 saturated carbocycles. The van der Waals surface area contributed by atoms with Gasteiger partial charge in [-0.25, -0.2) is 9.48 Å². The average molecular weight is 317 g/mol. The normalized spacial score (nSPS) is 11.7. The van der Waals surface area contributed by atoms with Crippen LogP contribution in [0.3, 0.4) is 0 Å². The molecule has 1 amide bonds. The fourth-order valence-corrected chi connectivity index (χ4v) is 2.10. The van der Waals surface area contributed by atoms with Crippen molar-refractivity contribution in [3.63, 3.8) is 0 Å². The summed E-state index contributed by atoms with van der Waals surface area (Å²) in [6, 6.07) is 7.84. The Hall–Kier alpha value is -2.83. The number of benzene rings is 1. The lowest BCUT2D eigenvalue weighted by molar-refractivity contribution is -0.139. The molecule has 0 fully saturated rings.